The molecule has 0 atom stereocenters. The van der Waals surface area contributed by atoms with Gasteiger partial charge in [-0.15, -0.1) is 0 Å². The third-order valence-electron chi connectivity index (χ3n) is 7.56. The number of nitrogens with one attached hydrogen (secondary N) is 1. The minimum Gasteiger partial charge on any atom is -0.497 e. The Balaban J connectivity index is 1.07. The third kappa shape index (κ3) is 5.23. The molecule has 0 spiro atoms. The van der Waals surface area contributed by atoms with Crippen molar-refractivity contribution in [2.75, 3.05) is 43.5 Å². The summed E-state index contributed by atoms with van der Waals surface area (Å²) in [6.07, 6.45) is 0.295. The molecular formula is C33H31N3O4. The number of benzene rings is 4. The van der Waals surface area contributed by atoms with Gasteiger partial charge >= 0.3 is 0 Å². The van der Waals surface area contributed by atoms with E-state index < -0.39 is 0 Å². The van der Waals surface area contributed by atoms with Gasteiger partial charge in [0, 0.05) is 48.7 Å². The zero-order valence-corrected chi connectivity index (χ0v) is 22.4. The molecule has 1 fully saturated rings. The van der Waals surface area contributed by atoms with Crippen LogP contribution in [0.2, 0.25) is 0 Å². The number of rotatable bonds is 6. The van der Waals surface area contributed by atoms with Gasteiger partial charge in [-0.1, -0.05) is 48.5 Å². The Morgan fingerprint density at radius 2 is 1.40 bits per heavy atom. The first-order valence-corrected chi connectivity index (χ1v) is 13.5. The van der Waals surface area contributed by atoms with Crippen LogP contribution in [-0.4, -0.2) is 50.0 Å². The minimum atomic E-state index is -0.367. The van der Waals surface area contributed by atoms with Crippen molar-refractivity contribution in [3.63, 3.8) is 0 Å². The number of ether oxygens (including phenoxy) is 2. The van der Waals surface area contributed by atoms with Gasteiger partial charge in [0.05, 0.1) is 19.4 Å². The highest BCUT2D eigenvalue weighted by Gasteiger charge is 2.36. The zero-order valence-electron chi connectivity index (χ0n) is 22.4. The largest absolute Gasteiger partial charge is 0.497 e. The maximum atomic E-state index is 13.8. The Morgan fingerprint density at radius 1 is 0.800 bits per heavy atom. The number of fused-ring (bicyclic) bond motifs is 2. The Kier molecular flexibility index (Phi) is 7.10. The molecule has 1 saturated heterocycles. The van der Waals surface area contributed by atoms with Gasteiger partial charge in [-0.05, 0) is 54.1 Å². The summed E-state index contributed by atoms with van der Waals surface area (Å²) in [5.74, 6) is 1.93. The number of carbonyl (C=O) groups is 2. The summed E-state index contributed by atoms with van der Waals surface area (Å²) < 4.78 is 11.3. The van der Waals surface area contributed by atoms with Crippen molar-refractivity contribution in [2.24, 2.45) is 0 Å². The van der Waals surface area contributed by atoms with Crippen molar-refractivity contribution in [2.45, 2.75) is 12.3 Å². The number of para-hydroxylation sites is 2. The number of carbonyl (C=O) groups excluding carboxylic acids is 2. The predicted octanol–water partition coefficient (Wildman–Crippen LogP) is 5.46. The smallest absolute Gasteiger partial charge is 0.234 e. The fourth-order valence-corrected chi connectivity index (χ4v) is 5.43. The van der Waals surface area contributed by atoms with E-state index in [9.17, 15) is 9.59 Å². The highest BCUT2D eigenvalue weighted by Crippen LogP contribution is 2.44. The van der Waals surface area contributed by atoms with Gasteiger partial charge < -0.3 is 24.6 Å². The highest BCUT2D eigenvalue weighted by molar-refractivity contribution is 5.92. The second-order valence-electron chi connectivity index (χ2n) is 10.0. The van der Waals surface area contributed by atoms with Crippen LogP contribution in [-0.2, 0) is 16.0 Å². The molecule has 0 saturated carbocycles. The zero-order chi connectivity index (χ0) is 27.5. The molecule has 0 aliphatic carbocycles. The summed E-state index contributed by atoms with van der Waals surface area (Å²) >= 11 is 0. The van der Waals surface area contributed by atoms with Crippen molar-refractivity contribution < 1.29 is 19.1 Å². The second-order valence-corrected chi connectivity index (χ2v) is 10.0. The fraction of sp³-hybridized carbons (Fsp3) is 0.212. The first-order valence-electron chi connectivity index (χ1n) is 13.5. The lowest BCUT2D eigenvalue weighted by Gasteiger charge is -2.38. The number of hydrogen-bond donors (Lipinski definition) is 1. The quantitative estimate of drug-likeness (QED) is 0.356. The van der Waals surface area contributed by atoms with Gasteiger partial charge in [0.25, 0.3) is 0 Å². The molecule has 0 unspecified atom stereocenters. The van der Waals surface area contributed by atoms with E-state index in [4.69, 9.17) is 9.47 Å². The van der Waals surface area contributed by atoms with Crippen molar-refractivity contribution in [1.82, 2.24) is 4.90 Å². The molecule has 0 aromatic heterocycles. The van der Waals surface area contributed by atoms with Crippen LogP contribution in [0.3, 0.4) is 0 Å². The molecule has 40 heavy (non-hydrogen) atoms. The van der Waals surface area contributed by atoms with Crippen LogP contribution in [0.5, 0.6) is 17.2 Å². The Morgan fingerprint density at radius 3 is 2.00 bits per heavy atom. The molecule has 2 aliphatic rings. The lowest BCUT2D eigenvalue weighted by molar-refractivity contribution is -0.132. The van der Waals surface area contributed by atoms with Gasteiger partial charge in [-0.25, -0.2) is 0 Å². The second kappa shape index (κ2) is 11.1. The van der Waals surface area contributed by atoms with Gasteiger partial charge in [0.2, 0.25) is 11.8 Å². The van der Waals surface area contributed by atoms with E-state index in [2.05, 4.69) is 10.2 Å². The van der Waals surface area contributed by atoms with Crippen molar-refractivity contribution in [3.05, 3.63) is 114 Å². The van der Waals surface area contributed by atoms with E-state index in [1.807, 2.05) is 102 Å². The number of hydrogen-bond acceptors (Lipinski definition) is 5. The average Bonchev–Trinajstić information content (AvgIpc) is 3.00. The molecule has 4 aromatic carbocycles. The molecule has 1 N–H and O–H groups in total. The van der Waals surface area contributed by atoms with E-state index in [1.165, 1.54) is 0 Å². The summed E-state index contributed by atoms with van der Waals surface area (Å²) in [4.78, 5) is 30.6. The van der Waals surface area contributed by atoms with Crippen LogP contribution in [0, 0.1) is 0 Å². The number of nitrogens with zero attached hydrogens (tertiary/aromatic N) is 2. The van der Waals surface area contributed by atoms with Crippen molar-refractivity contribution in [1.29, 1.82) is 0 Å². The molecule has 0 bridgehead atoms. The lowest BCUT2D eigenvalue weighted by Crippen LogP contribution is -2.50. The van der Waals surface area contributed by atoms with Crippen LogP contribution in [0.15, 0.2) is 97.1 Å². The standard InChI is InChI=1S/C33H31N3O4/c1-39-26-16-10-23(11-17-26)22-31(37)34-24-12-14-25(15-13-24)35-18-20-36(21-19-35)33(38)32-27-6-2-4-8-29(27)40-30-9-5-3-7-28(30)32/h2-17,32H,18-22H2,1H3,(H,34,37). The third-order valence-corrected chi connectivity index (χ3v) is 7.56. The van der Waals surface area contributed by atoms with Gasteiger partial charge in [-0.2, -0.15) is 0 Å². The van der Waals surface area contributed by atoms with Crippen LogP contribution < -0.4 is 19.7 Å². The summed E-state index contributed by atoms with van der Waals surface area (Å²) in [5.41, 5.74) is 4.58. The molecule has 2 heterocycles. The average molecular weight is 534 g/mol. The number of piperazine rings is 1. The summed E-state index contributed by atoms with van der Waals surface area (Å²) in [6, 6.07) is 31.0. The lowest BCUT2D eigenvalue weighted by atomic mass is 9.86. The van der Waals surface area contributed by atoms with Crippen LogP contribution in [0.25, 0.3) is 0 Å². The minimum absolute atomic E-state index is 0.0682. The highest BCUT2D eigenvalue weighted by atomic mass is 16.5. The van der Waals surface area contributed by atoms with Crippen LogP contribution in [0.1, 0.15) is 22.6 Å². The van der Waals surface area contributed by atoms with E-state index in [0.717, 1.165) is 58.4 Å². The topological polar surface area (TPSA) is 71.1 Å². The van der Waals surface area contributed by atoms with Crippen LogP contribution in [0.4, 0.5) is 11.4 Å². The summed E-state index contributed by atoms with van der Waals surface area (Å²) in [6.45, 7) is 2.75. The van der Waals surface area contributed by atoms with Crippen molar-refractivity contribution in [3.8, 4) is 17.2 Å². The van der Waals surface area contributed by atoms with Crippen LogP contribution >= 0.6 is 0 Å². The Hall–Kier alpha value is -4.78. The van der Waals surface area contributed by atoms with Gasteiger partial charge in [0.1, 0.15) is 17.2 Å². The summed E-state index contributed by atoms with van der Waals surface area (Å²) in [7, 11) is 1.62. The molecule has 7 nitrogen and oxygen atoms in total. The fourth-order valence-electron chi connectivity index (χ4n) is 5.43. The van der Waals surface area contributed by atoms with E-state index in [1.54, 1.807) is 7.11 Å². The van der Waals surface area contributed by atoms with E-state index in [-0.39, 0.29) is 17.7 Å². The molecule has 0 radical (unpaired) electrons. The Labute approximate surface area is 233 Å². The molecule has 202 valence electrons. The first-order chi connectivity index (χ1) is 19.6. The molecule has 4 aromatic rings. The first kappa shape index (κ1) is 25.5. The number of methoxy groups -OCH3 is 1. The van der Waals surface area contributed by atoms with E-state index in [0.29, 0.717) is 19.5 Å². The predicted molar refractivity (Wildman–Crippen MR) is 155 cm³/mol. The van der Waals surface area contributed by atoms with Gasteiger partial charge in [0.15, 0.2) is 0 Å². The normalized spacial score (nSPS) is 14.5. The number of anilines is 2. The number of amides is 2. The Bertz CT molecular complexity index is 1460. The molecule has 6 rings (SSSR count). The summed E-state index contributed by atoms with van der Waals surface area (Å²) in [5, 5.41) is 2.97. The maximum Gasteiger partial charge on any atom is 0.234 e. The monoisotopic (exact) mass is 533 g/mol. The van der Waals surface area contributed by atoms with Crippen molar-refractivity contribution >= 4 is 23.2 Å². The maximum absolute atomic E-state index is 13.8. The molecule has 2 amide bonds. The van der Waals surface area contributed by atoms with E-state index >= 15 is 0 Å². The van der Waals surface area contributed by atoms with Gasteiger partial charge in [-0.3, -0.25) is 9.59 Å². The molecule has 2 aliphatic heterocycles. The SMILES string of the molecule is COc1ccc(CC(=O)Nc2ccc(N3CCN(C(=O)C4c5ccccc5Oc5ccccc54)CC3)cc2)cc1. The molecule has 7 heteroatoms. The molecular weight excluding hydrogens is 502 g/mol.